The number of fused-ring (bicyclic) bond motifs is 1. The smallest absolute Gasteiger partial charge is 0.349 e. The van der Waals surface area contributed by atoms with E-state index in [0.717, 1.165) is 5.56 Å². The number of carbonyl (C=O) groups is 1. The maximum Gasteiger partial charge on any atom is 0.349 e. The molecule has 2 aromatic heterocycles. The third kappa shape index (κ3) is 3.34. The summed E-state index contributed by atoms with van der Waals surface area (Å²) in [6, 6.07) is 9.98. The number of piperidine rings is 1. The predicted molar refractivity (Wildman–Crippen MR) is 101 cm³/mol. The van der Waals surface area contributed by atoms with Gasteiger partial charge in [-0.3, -0.25) is 9.78 Å². The van der Waals surface area contributed by atoms with Gasteiger partial charge in [0.1, 0.15) is 11.1 Å². The van der Waals surface area contributed by atoms with Crippen LogP contribution in [0.2, 0.25) is 5.02 Å². The Morgan fingerprint density at radius 3 is 2.70 bits per heavy atom. The van der Waals surface area contributed by atoms with Crippen LogP contribution in [0.1, 0.15) is 28.8 Å². The lowest BCUT2D eigenvalue weighted by atomic mass is 9.85. The average Bonchev–Trinajstić information content (AvgIpc) is 2.68. The van der Waals surface area contributed by atoms with Gasteiger partial charge in [0.15, 0.2) is 0 Å². The largest absolute Gasteiger partial charge is 0.422 e. The molecule has 1 saturated heterocycles. The van der Waals surface area contributed by atoms with E-state index < -0.39 is 17.1 Å². The second kappa shape index (κ2) is 6.79. The zero-order valence-corrected chi connectivity index (χ0v) is 15.1. The Bertz CT molecular complexity index is 1060. The Balaban J connectivity index is 1.57. The molecule has 138 valence electrons. The van der Waals surface area contributed by atoms with E-state index in [0.29, 0.717) is 41.9 Å². The van der Waals surface area contributed by atoms with Gasteiger partial charge < -0.3 is 14.4 Å². The number of aliphatic hydroxyl groups is 1. The number of nitrogens with zero attached hydrogens (tertiary/aromatic N) is 2. The minimum absolute atomic E-state index is 0.0309. The maximum atomic E-state index is 12.8. The molecule has 3 heterocycles. The van der Waals surface area contributed by atoms with E-state index in [2.05, 4.69) is 4.98 Å². The van der Waals surface area contributed by atoms with E-state index >= 15 is 0 Å². The second-order valence-corrected chi connectivity index (χ2v) is 7.13. The molecule has 7 heteroatoms. The van der Waals surface area contributed by atoms with Crippen molar-refractivity contribution in [3.05, 3.63) is 75.4 Å². The maximum absolute atomic E-state index is 12.8. The van der Waals surface area contributed by atoms with Crippen LogP contribution in [-0.4, -0.2) is 34.0 Å². The minimum Gasteiger partial charge on any atom is -0.422 e. The van der Waals surface area contributed by atoms with Crippen LogP contribution in [0.3, 0.4) is 0 Å². The predicted octanol–water partition coefficient (Wildman–Crippen LogP) is 2.97. The third-order valence-corrected chi connectivity index (χ3v) is 5.24. The number of amides is 1. The molecule has 1 fully saturated rings. The van der Waals surface area contributed by atoms with Crippen molar-refractivity contribution in [1.82, 2.24) is 9.88 Å². The first kappa shape index (κ1) is 17.7. The quantitative estimate of drug-likeness (QED) is 0.687. The lowest BCUT2D eigenvalue weighted by molar-refractivity contribution is -0.0214. The van der Waals surface area contributed by atoms with Crippen molar-refractivity contribution in [3.63, 3.8) is 0 Å². The topological polar surface area (TPSA) is 83.6 Å². The Hall–Kier alpha value is -2.70. The molecule has 1 aliphatic rings. The molecular formula is C20H17ClN2O4. The van der Waals surface area contributed by atoms with Gasteiger partial charge in [-0.15, -0.1) is 0 Å². The van der Waals surface area contributed by atoms with Crippen molar-refractivity contribution in [2.45, 2.75) is 18.4 Å². The number of hydrogen-bond donors (Lipinski definition) is 1. The van der Waals surface area contributed by atoms with E-state index in [1.165, 1.54) is 6.07 Å². The highest BCUT2D eigenvalue weighted by Gasteiger charge is 2.36. The number of halogens is 1. The van der Waals surface area contributed by atoms with Crippen molar-refractivity contribution in [2.24, 2.45) is 0 Å². The highest BCUT2D eigenvalue weighted by Crippen LogP contribution is 2.32. The van der Waals surface area contributed by atoms with Gasteiger partial charge in [0.05, 0.1) is 5.60 Å². The molecule has 0 unspecified atom stereocenters. The number of benzene rings is 1. The number of aromatic nitrogens is 1. The average molecular weight is 385 g/mol. The van der Waals surface area contributed by atoms with Gasteiger partial charge in [0.2, 0.25) is 0 Å². The molecule has 27 heavy (non-hydrogen) atoms. The molecule has 1 aliphatic heterocycles. The Morgan fingerprint density at radius 1 is 1.22 bits per heavy atom. The summed E-state index contributed by atoms with van der Waals surface area (Å²) in [4.78, 5) is 30.7. The number of hydrogen-bond acceptors (Lipinski definition) is 5. The molecule has 0 radical (unpaired) electrons. The number of pyridine rings is 1. The molecule has 0 spiro atoms. The van der Waals surface area contributed by atoms with Crippen molar-refractivity contribution >= 4 is 28.5 Å². The van der Waals surface area contributed by atoms with Crippen LogP contribution in [0.4, 0.5) is 0 Å². The van der Waals surface area contributed by atoms with Crippen LogP contribution in [0.5, 0.6) is 0 Å². The zero-order valence-electron chi connectivity index (χ0n) is 14.4. The van der Waals surface area contributed by atoms with Crippen LogP contribution in [0.15, 0.2) is 58.0 Å². The fourth-order valence-corrected chi connectivity index (χ4v) is 3.60. The summed E-state index contributed by atoms with van der Waals surface area (Å²) >= 11 is 5.98. The van der Waals surface area contributed by atoms with E-state index in [-0.39, 0.29) is 5.56 Å². The molecule has 3 aromatic rings. The monoisotopic (exact) mass is 384 g/mol. The Kier molecular flexibility index (Phi) is 4.45. The summed E-state index contributed by atoms with van der Waals surface area (Å²) in [5.74, 6) is -0.404. The zero-order chi connectivity index (χ0) is 19.0. The Labute approximate surface area is 160 Å². The number of likely N-dealkylation sites (tertiary alicyclic amines) is 1. The van der Waals surface area contributed by atoms with E-state index in [9.17, 15) is 14.7 Å². The SMILES string of the molecule is O=C(c1cc2cc(Cl)ccc2oc1=O)N1CCC(O)(c2cccnc2)CC1. The van der Waals surface area contributed by atoms with Gasteiger partial charge in [-0.2, -0.15) is 0 Å². The van der Waals surface area contributed by atoms with Crippen LogP contribution in [0, 0.1) is 0 Å². The van der Waals surface area contributed by atoms with Gasteiger partial charge in [-0.05, 0) is 43.2 Å². The molecular weight excluding hydrogens is 368 g/mol. The van der Waals surface area contributed by atoms with Crippen LogP contribution < -0.4 is 5.63 Å². The molecule has 1 amide bonds. The van der Waals surface area contributed by atoms with Crippen LogP contribution >= 0.6 is 11.6 Å². The lowest BCUT2D eigenvalue weighted by Gasteiger charge is -2.38. The highest BCUT2D eigenvalue weighted by molar-refractivity contribution is 6.31. The fourth-order valence-electron chi connectivity index (χ4n) is 3.42. The first-order chi connectivity index (χ1) is 13.0. The summed E-state index contributed by atoms with van der Waals surface area (Å²) in [6.07, 6.45) is 4.03. The molecule has 1 N–H and O–H groups in total. The van der Waals surface area contributed by atoms with Gasteiger partial charge >= 0.3 is 5.63 Å². The molecule has 6 nitrogen and oxygen atoms in total. The third-order valence-electron chi connectivity index (χ3n) is 5.00. The van der Waals surface area contributed by atoms with Crippen molar-refractivity contribution in [2.75, 3.05) is 13.1 Å². The van der Waals surface area contributed by atoms with E-state index in [1.807, 2.05) is 6.07 Å². The first-order valence-corrected chi connectivity index (χ1v) is 9.00. The van der Waals surface area contributed by atoms with Gasteiger partial charge in [-0.25, -0.2) is 4.79 Å². The summed E-state index contributed by atoms with van der Waals surface area (Å²) in [5, 5.41) is 12.0. The van der Waals surface area contributed by atoms with Crippen LogP contribution in [-0.2, 0) is 5.60 Å². The summed E-state index contributed by atoms with van der Waals surface area (Å²) in [6.45, 7) is 0.661. The fraction of sp³-hybridized carbons (Fsp3) is 0.250. The Morgan fingerprint density at radius 2 is 2.00 bits per heavy atom. The molecule has 0 aliphatic carbocycles. The van der Waals surface area contributed by atoms with Crippen molar-refractivity contribution in [3.8, 4) is 0 Å². The van der Waals surface area contributed by atoms with Gasteiger partial charge in [-0.1, -0.05) is 17.7 Å². The number of carbonyl (C=O) groups excluding carboxylic acids is 1. The van der Waals surface area contributed by atoms with Gasteiger partial charge in [0.25, 0.3) is 5.91 Å². The van der Waals surface area contributed by atoms with Crippen molar-refractivity contribution in [1.29, 1.82) is 0 Å². The van der Waals surface area contributed by atoms with E-state index in [1.54, 1.807) is 41.6 Å². The van der Waals surface area contributed by atoms with Crippen LogP contribution in [0.25, 0.3) is 11.0 Å². The first-order valence-electron chi connectivity index (χ1n) is 8.62. The minimum atomic E-state index is -1.02. The summed E-state index contributed by atoms with van der Waals surface area (Å²) in [7, 11) is 0. The van der Waals surface area contributed by atoms with Gasteiger partial charge in [0, 0.05) is 41.5 Å². The molecule has 1 aromatic carbocycles. The lowest BCUT2D eigenvalue weighted by Crippen LogP contribution is -2.46. The summed E-state index contributed by atoms with van der Waals surface area (Å²) < 4.78 is 5.25. The molecule has 0 atom stereocenters. The van der Waals surface area contributed by atoms with E-state index in [4.69, 9.17) is 16.0 Å². The molecule has 0 saturated carbocycles. The normalized spacial score (nSPS) is 16.4. The standard InChI is InChI=1S/C20H17ClN2O4/c21-15-3-4-17-13(10-15)11-16(19(25)27-17)18(24)23-8-5-20(26,6-9-23)14-2-1-7-22-12-14/h1-4,7,10-12,26H,5-6,8-9H2. The molecule has 0 bridgehead atoms. The highest BCUT2D eigenvalue weighted by atomic mass is 35.5. The number of rotatable bonds is 2. The second-order valence-electron chi connectivity index (χ2n) is 6.70. The molecule has 4 rings (SSSR count). The summed E-state index contributed by atoms with van der Waals surface area (Å²) in [5.41, 5.74) is -0.617. The van der Waals surface area contributed by atoms with Crippen molar-refractivity contribution < 1.29 is 14.3 Å².